The molecule has 0 radical (unpaired) electrons. The maximum absolute atomic E-state index is 5.67. The molecule has 0 aliphatic carbocycles. The average Bonchev–Trinajstić information content (AvgIpc) is 2.58. The molecule has 4 nitrogen and oxygen atoms in total. The van der Waals surface area contributed by atoms with Crippen molar-refractivity contribution in [1.29, 1.82) is 0 Å². The Balaban J connectivity index is 0.000000367. The minimum absolute atomic E-state index is 0.500. The third-order valence-corrected chi connectivity index (χ3v) is 2.29. The van der Waals surface area contributed by atoms with Gasteiger partial charge in [-0.05, 0) is 38.4 Å². The van der Waals surface area contributed by atoms with Crippen molar-refractivity contribution in [3.8, 4) is 17.4 Å². The summed E-state index contributed by atoms with van der Waals surface area (Å²) in [7, 11) is 3.75. The summed E-state index contributed by atoms with van der Waals surface area (Å²) in [6.45, 7) is 0.500. The van der Waals surface area contributed by atoms with Crippen LogP contribution >= 0.6 is 0 Å². The van der Waals surface area contributed by atoms with Gasteiger partial charge in [0.1, 0.15) is 6.61 Å². The van der Waals surface area contributed by atoms with Gasteiger partial charge in [0.25, 0.3) is 0 Å². The van der Waals surface area contributed by atoms with Crippen molar-refractivity contribution in [3.63, 3.8) is 0 Å². The minimum atomic E-state index is 0.500. The van der Waals surface area contributed by atoms with Crippen molar-refractivity contribution in [2.45, 2.75) is 6.61 Å². The van der Waals surface area contributed by atoms with Gasteiger partial charge in [0.15, 0.2) is 11.5 Å². The Kier molecular flexibility index (Phi) is 4.15. The number of ether oxygens (including phenoxy) is 2. The highest BCUT2D eigenvalue weighted by Crippen LogP contribution is 2.35. The van der Waals surface area contributed by atoms with Crippen LogP contribution in [0.5, 0.6) is 17.4 Å². The van der Waals surface area contributed by atoms with Crippen LogP contribution in [0.1, 0.15) is 5.56 Å². The molecule has 1 aromatic heterocycles. The Morgan fingerprint density at radius 3 is 2.56 bits per heavy atom. The van der Waals surface area contributed by atoms with E-state index in [1.54, 1.807) is 6.20 Å². The molecule has 0 amide bonds. The van der Waals surface area contributed by atoms with Gasteiger partial charge >= 0.3 is 0 Å². The van der Waals surface area contributed by atoms with E-state index in [1.165, 1.54) is 0 Å². The maximum Gasteiger partial charge on any atom is 0.226 e. The zero-order chi connectivity index (χ0) is 12.8. The van der Waals surface area contributed by atoms with E-state index in [0.717, 1.165) is 17.1 Å². The molecule has 1 aromatic carbocycles. The molecule has 1 aliphatic heterocycles. The molecule has 94 valence electrons. The fourth-order valence-corrected chi connectivity index (χ4v) is 1.54. The van der Waals surface area contributed by atoms with Crippen LogP contribution in [-0.2, 0) is 6.61 Å². The molecule has 0 saturated heterocycles. The van der Waals surface area contributed by atoms with Crippen LogP contribution < -0.4 is 14.8 Å². The van der Waals surface area contributed by atoms with Gasteiger partial charge in [-0.2, -0.15) is 0 Å². The lowest BCUT2D eigenvalue weighted by Gasteiger charge is -2.04. The molecule has 2 heterocycles. The Hall–Kier alpha value is -2.07. The second-order valence-corrected chi connectivity index (χ2v) is 3.81. The monoisotopic (exact) mass is 244 g/mol. The minimum Gasteiger partial charge on any atom is -0.485 e. The SMILES string of the molecule is CNC.c1cnc2c(c1)COc1ccccc1O2. The number of nitrogens with zero attached hydrogens (tertiary/aromatic N) is 1. The molecule has 4 heteroatoms. The summed E-state index contributed by atoms with van der Waals surface area (Å²) in [5.74, 6) is 2.10. The third-order valence-electron chi connectivity index (χ3n) is 2.29. The quantitative estimate of drug-likeness (QED) is 0.773. The van der Waals surface area contributed by atoms with Gasteiger partial charge in [-0.3, -0.25) is 0 Å². The molecular formula is C14H16N2O2. The van der Waals surface area contributed by atoms with Crippen molar-refractivity contribution >= 4 is 0 Å². The number of aromatic nitrogens is 1. The van der Waals surface area contributed by atoms with Crippen LogP contribution in [-0.4, -0.2) is 19.1 Å². The predicted molar refractivity (Wildman–Crippen MR) is 70.1 cm³/mol. The van der Waals surface area contributed by atoms with E-state index in [1.807, 2.05) is 50.5 Å². The Bertz CT molecular complexity index is 469. The predicted octanol–water partition coefficient (Wildman–Crippen LogP) is 2.60. The Labute approximate surface area is 107 Å². The van der Waals surface area contributed by atoms with E-state index >= 15 is 0 Å². The number of pyridine rings is 1. The highest BCUT2D eigenvalue weighted by Gasteiger charge is 2.14. The van der Waals surface area contributed by atoms with E-state index in [0.29, 0.717) is 12.5 Å². The van der Waals surface area contributed by atoms with Crippen LogP contribution in [0.2, 0.25) is 0 Å². The molecule has 18 heavy (non-hydrogen) atoms. The lowest BCUT2D eigenvalue weighted by Crippen LogP contribution is -1.93. The number of hydrogen-bond acceptors (Lipinski definition) is 4. The summed E-state index contributed by atoms with van der Waals surface area (Å²) in [4.78, 5) is 4.18. The van der Waals surface area contributed by atoms with E-state index in [9.17, 15) is 0 Å². The van der Waals surface area contributed by atoms with Gasteiger partial charge < -0.3 is 14.8 Å². The zero-order valence-corrected chi connectivity index (χ0v) is 10.5. The molecule has 0 unspecified atom stereocenters. The summed E-state index contributed by atoms with van der Waals surface area (Å²) in [6, 6.07) is 11.4. The van der Waals surface area contributed by atoms with Gasteiger partial charge in [0.05, 0.1) is 5.56 Å². The summed E-state index contributed by atoms with van der Waals surface area (Å²) in [5, 5.41) is 2.75. The van der Waals surface area contributed by atoms with Gasteiger partial charge in [0.2, 0.25) is 5.88 Å². The summed E-state index contributed by atoms with van der Waals surface area (Å²) < 4.78 is 11.3. The Morgan fingerprint density at radius 1 is 1.06 bits per heavy atom. The van der Waals surface area contributed by atoms with Crippen LogP contribution in [0.3, 0.4) is 0 Å². The number of nitrogens with one attached hydrogen (secondary N) is 1. The normalized spacial score (nSPS) is 11.7. The van der Waals surface area contributed by atoms with Gasteiger partial charge in [-0.15, -0.1) is 0 Å². The fraction of sp³-hybridized carbons (Fsp3) is 0.214. The number of benzene rings is 1. The molecule has 0 fully saturated rings. The molecule has 1 N–H and O–H groups in total. The third kappa shape index (κ3) is 2.78. The largest absolute Gasteiger partial charge is 0.485 e. The first-order chi connectivity index (χ1) is 8.85. The summed E-state index contributed by atoms with van der Waals surface area (Å²) in [5.41, 5.74) is 0.966. The molecular weight excluding hydrogens is 228 g/mol. The molecule has 1 aliphatic rings. The number of rotatable bonds is 0. The van der Waals surface area contributed by atoms with Crippen molar-refractivity contribution in [3.05, 3.63) is 48.2 Å². The standard InChI is InChI=1S/C12H9NO2.C2H7N/c1-2-6-11-10(5-1)14-8-9-4-3-7-13-12(9)15-11;1-3-2/h1-7H,8H2;3H,1-2H3. The van der Waals surface area contributed by atoms with Crippen LogP contribution in [0.25, 0.3) is 0 Å². The average molecular weight is 244 g/mol. The maximum atomic E-state index is 5.67. The van der Waals surface area contributed by atoms with Crippen LogP contribution in [0.15, 0.2) is 42.6 Å². The molecule has 3 rings (SSSR count). The molecule has 0 atom stereocenters. The summed E-state index contributed by atoms with van der Waals surface area (Å²) in [6.07, 6.45) is 1.72. The van der Waals surface area contributed by atoms with Crippen molar-refractivity contribution < 1.29 is 9.47 Å². The van der Waals surface area contributed by atoms with E-state index in [-0.39, 0.29) is 0 Å². The molecule has 0 saturated carbocycles. The van der Waals surface area contributed by atoms with Crippen molar-refractivity contribution in [1.82, 2.24) is 10.3 Å². The van der Waals surface area contributed by atoms with E-state index in [4.69, 9.17) is 9.47 Å². The first kappa shape index (κ1) is 12.4. The molecule has 0 bridgehead atoms. The second-order valence-electron chi connectivity index (χ2n) is 3.81. The van der Waals surface area contributed by atoms with Gasteiger partial charge in [0, 0.05) is 6.20 Å². The smallest absolute Gasteiger partial charge is 0.226 e. The lowest BCUT2D eigenvalue weighted by atomic mass is 10.3. The molecule has 2 aromatic rings. The highest BCUT2D eigenvalue weighted by molar-refractivity contribution is 5.44. The van der Waals surface area contributed by atoms with Crippen molar-refractivity contribution in [2.24, 2.45) is 0 Å². The van der Waals surface area contributed by atoms with Gasteiger partial charge in [-0.25, -0.2) is 4.98 Å². The van der Waals surface area contributed by atoms with Crippen LogP contribution in [0, 0.1) is 0 Å². The number of para-hydroxylation sites is 2. The van der Waals surface area contributed by atoms with E-state index < -0.39 is 0 Å². The van der Waals surface area contributed by atoms with Crippen molar-refractivity contribution in [2.75, 3.05) is 14.1 Å². The zero-order valence-electron chi connectivity index (χ0n) is 10.5. The lowest BCUT2D eigenvalue weighted by molar-refractivity contribution is 0.307. The highest BCUT2D eigenvalue weighted by atomic mass is 16.5. The second kappa shape index (κ2) is 6.02. The first-order valence-electron chi connectivity index (χ1n) is 5.77. The molecule has 0 spiro atoms. The number of hydrogen-bond donors (Lipinski definition) is 1. The first-order valence-corrected chi connectivity index (χ1v) is 5.77. The summed E-state index contributed by atoms with van der Waals surface area (Å²) >= 11 is 0. The fourth-order valence-electron chi connectivity index (χ4n) is 1.54. The number of fused-ring (bicyclic) bond motifs is 2. The topological polar surface area (TPSA) is 43.4 Å². The van der Waals surface area contributed by atoms with Crippen LogP contribution in [0.4, 0.5) is 0 Å². The van der Waals surface area contributed by atoms with E-state index in [2.05, 4.69) is 10.3 Å². The Morgan fingerprint density at radius 2 is 1.78 bits per heavy atom. The van der Waals surface area contributed by atoms with Gasteiger partial charge in [-0.1, -0.05) is 12.1 Å².